The molecule has 1 N–H and O–H groups in total. The normalized spacial score (nSPS) is 10.6. The molecule has 0 radical (unpaired) electrons. The van der Waals surface area contributed by atoms with E-state index in [1.807, 2.05) is 23.0 Å². The van der Waals surface area contributed by atoms with Gasteiger partial charge in [-0.25, -0.2) is 4.98 Å². The maximum Gasteiger partial charge on any atom is 0.173 e. The van der Waals surface area contributed by atoms with Crippen LogP contribution in [0.25, 0.3) is 0 Å². The number of rotatable bonds is 4. The molecule has 2 heterocycles. The van der Waals surface area contributed by atoms with Crippen molar-refractivity contribution in [3.8, 4) is 5.75 Å². The molecule has 0 aliphatic carbocycles. The first kappa shape index (κ1) is 11.4. The molecule has 0 fully saturated rings. The minimum atomic E-state index is 0.344. The van der Waals surface area contributed by atoms with Crippen LogP contribution in [0, 0.1) is 0 Å². The van der Waals surface area contributed by atoms with Crippen LogP contribution in [0.4, 0.5) is 11.5 Å². The molecule has 17 heavy (non-hydrogen) atoms. The Balaban J connectivity index is 2.19. The van der Waals surface area contributed by atoms with Crippen LogP contribution in [0.3, 0.4) is 0 Å². The van der Waals surface area contributed by atoms with Gasteiger partial charge in [0.25, 0.3) is 0 Å². The number of nitrogens with one attached hydrogen (secondary N) is 1. The fourth-order valence-corrected chi connectivity index (χ4v) is 1.47. The van der Waals surface area contributed by atoms with Crippen molar-refractivity contribution in [2.75, 3.05) is 12.4 Å². The van der Waals surface area contributed by atoms with Crippen molar-refractivity contribution in [3.63, 3.8) is 0 Å². The Morgan fingerprint density at radius 3 is 2.88 bits per heavy atom. The predicted molar refractivity (Wildman–Crippen MR) is 66.7 cm³/mol. The second-order valence-corrected chi connectivity index (χ2v) is 3.98. The molecule has 0 bridgehead atoms. The molecule has 0 spiro atoms. The van der Waals surface area contributed by atoms with E-state index in [2.05, 4.69) is 29.2 Å². The second kappa shape index (κ2) is 4.86. The van der Waals surface area contributed by atoms with Crippen molar-refractivity contribution in [3.05, 3.63) is 30.7 Å². The molecule has 0 aromatic carbocycles. The molecule has 0 saturated heterocycles. The fourth-order valence-electron chi connectivity index (χ4n) is 1.47. The van der Waals surface area contributed by atoms with Gasteiger partial charge in [0.05, 0.1) is 19.0 Å². The molecule has 2 aromatic heterocycles. The largest absolute Gasteiger partial charge is 0.493 e. The molecule has 5 heteroatoms. The summed E-state index contributed by atoms with van der Waals surface area (Å²) in [4.78, 5) is 4.23. The lowest BCUT2D eigenvalue weighted by Gasteiger charge is -2.07. The zero-order valence-corrected chi connectivity index (χ0v) is 10.2. The number of hydrogen-bond donors (Lipinski definition) is 1. The van der Waals surface area contributed by atoms with Gasteiger partial charge in [0, 0.05) is 18.4 Å². The van der Waals surface area contributed by atoms with Crippen LogP contribution in [0.2, 0.25) is 0 Å². The third kappa shape index (κ3) is 2.55. The van der Waals surface area contributed by atoms with Gasteiger partial charge in [-0.3, -0.25) is 4.68 Å². The van der Waals surface area contributed by atoms with Crippen LogP contribution in [0.5, 0.6) is 5.75 Å². The lowest BCUT2D eigenvalue weighted by Crippen LogP contribution is -2.00. The third-order valence-electron chi connectivity index (χ3n) is 2.38. The first-order valence-corrected chi connectivity index (χ1v) is 5.51. The summed E-state index contributed by atoms with van der Waals surface area (Å²) in [6, 6.07) is 4.04. The van der Waals surface area contributed by atoms with Crippen molar-refractivity contribution in [2.45, 2.75) is 19.9 Å². The summed E-state index contributed by atoms with van der Waals surface area (Å²) in [6.07, 6.45) is 5.44. The summed E-state index contributed by atoms with van der Waals surface area (Å²) < 4.78 is 7.11. The molecule has 2 rings (SSSR count). The average molecular weight is 232 g/mol. The van der Waals surface area contributed by atoms with Gasteiger partial charge in [-0.1, -0.05) is 0 Å². The molecule has 90 valence electrons. The highest BCUT2D eigenvalue weighted by Crippen LogP contribution is 2.24. The van der Waals surface area contributed by atoms with Gasteiger partial charge in [-0.2, -0.15) is 5.10 Å². The Labute approximate surface area is 100 Å². The van der Waals surface area contributed by atoms with Gasteiger partial charge in [-0.15, -0.1) is 0 Å². The number of methoxy groups -OCH3 is 1. The molecular weight excluding hydrogens is 216 g/mol. The number of anilines is 2. The molecule has 2 aromatic rings. The maximum absolute atomic E-state index is 5.22. The summed E-state index contributed by atoms with van der Waals surface area (Å²) in [5.74, 6) is 1.41. The van der Waals surface area contributed by atoms with E-state index in [1.165, 1.54) is 0 Å². The maximum atomic E-state index is 5.22. The minimum absolute atomic E-state index is 0.344. The van der Waals surface area contributed by atoms with Crippen LogP contribution in [0.15, 0.2) is 30.7 Å². The van der Waals surface area contributed by atoms with Crippen molar-refractivity contribution >= 4 is 11.5 Å². The first-order chi connectivity index (χ1) is 8.20. The highest BCUT2D eigenvalue weighted by molar-refractivity contribution is 5.60. The van der Waals surface area contributed by atoms with Crippen LogP contribution < -0.4 is 10.1 Å². The summed E-state index contributed by atoms with van der Waals surface area (Å²) in [6.45, 7) is 4.16. The quantitative estimate of drug-likeness (QED) is 0.880. The van der Waals surface area contributed by atoms with Crippen LogP contribution in [-0.4, -0.2) is 21.9 Å². The zero-order valence-electron chi connectivity index (χ0n) is 10.2. The minimum Gasteiger partial charge on any atom is -0.493 e. The summed E-state index contributed by atoms with van der Waals surface area (Å²) in [7, 11) is 1.62. The Kier molecular flexibility index (Phi) is 3.27. The van der Waals surface area contributed by atoms with Crippen LogP contribution in [-0.2, 0) is 0 Å². The third-order valence-corrected chi connectivity index (χ3v) is 2.38. The Hall–Kier alpha value is -2.04. The van der Waals surface area contributed by atoms with Crippen molar-refractivity contribution in [1.29, 1.82) is 0 Å². The monoisotopic (exact) mass is 232 g/mol. The lowest BCUT2D eigenvalue weighted by molar-refractivity contribution is 0.415. The van der Waals surface area contributed by atoms with Crippen LogP contribution in [0.1, 0.15) is 19.9 Å². The van der Waals surface area contributed by atoms with E-state index >= 15 is 0 Å². The Bertz CT molecular complexity index is 493. The summed E-state index contributed by atoms with van der Waals surface area (Å²) >= 11 is 0. The zero-order chi connectivity index (χ0) is 12.3. The average Bonchev–Trinajstić information content (AvgIpc) is 2.78. The van der Waals surface area contributed by atoms with Gasteiger partial charge in [0.2, 0.25) is 0 Å². The Morgan fingerprint density at radius 1 is 1.41 bits per heavy atom. The van der Waals surface area contributed by atoms with Crippen molar-refractivity contribution in [2.24, 2.45) is 0 Å². The van der Waals surface area contributed by atoms with E-state index in [9.17, 15) is 0 Å². The number of ether oxygens (including phenoxy) is 1. The van der Waals surface area contributed by atoms with Gasteiger partial charge < -0.3 is 10.1 Å². The molecule has 0 aliphatic heterocycles. The number of aromatic nitrogens is 3. The van der Waals surface area contributed by atoms with Gasteiger partial charge >= 0.3 is 0 Å². The van der Waals surface area contributed by atoms with Gasteiger partial charge in [0.15, 0.2) is 11.6 Å². The highest BCUT2D eigenvalue weighted by Gasteiger charge is 2.06. The first-order valence-electron chi connectivity index (χ1n) is 5.51. The smallest absolute Gasteiger partial charge is 0.173 e. The number of nitrogens with zero attached hydrogens (tertiary/aromatic N) is 3. The number of pyridine rings is 1. The van der Waals surface area contributed by atoms with Crippen molar-refractivity contribution < 1.29 is 4.74 Å². The summed E-state index contributed by atoms with van der Waals surface area (Å²) in [5, 5.41) is 7.43. The fraction of sp³-hybridized carbons (Fsp3) is 0.333. The Morgan fingerprint density at radius 2 is 2.24 bits per heavy atom. The van der Waals surface area contributed by atoms with E-state index < -0.39 is 0 Å². The van der Waals surface area contributed by atoms with Gasteiger partial charge in [0.1, 0.15) is 0 Å². The van der Waals surface area contributed by atoms with E-state index in [4.69, 9.17) is 4.74 Å². The summed E-state index contributed by atoms with van der Waals surface area (Å²) in [5.41, 5.74) is 0.899. The molecular formula is C12H16N4O. The molecule has 0 saturated carbocycles. The number of hydrogen-bond acceptors (Lipinski definition) is 4. The molecule has 5 nitrogen and oxygen atoms in total. The van der Waals surface area contributed by atoms with Crippen LogP contribution >= 0.6 is 0 Å². The van der Waals surface area contributed by atoms with E-state index in [1.54, 1.807) is 19.5 Å². The van der Waals surface area contributed by atoms with Gasteiger partial charge in [-0.05, 0) is 26.0 Å². The SMILES string of the molecule is COc1cccnc1Nc1cnn(C(C)C)c1. The molecule has 0 unspecified atom stereocenters. The lowest BCUT2D eigenvalue weighted by atomic mass is 10.4. The van der Waals surface area contributed by atoms with E-state index in [-0.39, 0.29) is 0 Å². The van der Waals surface area contributed by atoms with E-state index in [0.29, 0.717) is 17.6 Å². The molecule has 0 aliphatic rings. The highest BCUT2D eigenvalue weighted by atomic mass is 16.5. The topological polar surface area (TPSA) is 52.0 Å². The second-order valence-electron chi connectivity index (χ2n) is 3.98. The predicted octanol–water partition coefficient (Wildman–Crippen LogP) is 2.61. The molecule has 0 amide bonds. The van der Waals surface area contributed by atoms with Crippen molar-refractivity contribution in [1.82, 2.24) is 14.8 Å². The standard InChI is InChI=1S/C12H16N4O/c1-9(2)16-8-10(7-14-16)15-12-11(17-3)5-4-6-13-12/h4-9H,1-3H3,(H,13,15). The molecule has 0 atom stereocenters. The van der Waals surface area contributed by atoms with E-state index in [0.717, 1.165) is 5.69 Å².